The summed E-state index contributed by atoms with van der Waals surface area (Å²) in [5, 5.41) is 1.55. The fourth-order valence-corrected chi connectivity index (χ4v) is 3.70. The van der Waals surface area contributed by atoms with E-state index in [2.05, 4.69) is 6.92 Å². The molecule has 0 aliphatic heterocycles. The summed E-state index contributed by atoms with van der Waals surface area (Å²) < 4.78 is 0. The van der Waals surface area contributed by atoms with Crippen molar-refractivity contribution >= 4 is 23.2 Å². The van der Waals surface area contributed by atoms with Crippen LogP contribution in [0.2, 0.25) is 10.0 Å². The number of halogens is 2. The third-order valence-electron chi connectivity index (χ3n) is 4.43. The molecule has 0 heterocycles. The predicted molar refractivity (Wildman–Crippen MR) is 79.3 cm³/mol. The van der Waals surface area contributed by atoms with Crippen molar-refractivity contribution in [2.45, 2.75) is 39.0 Å². The summed E-state index contributed by atoms with van der Waals surface area (Å²) in [7, 11) is 0. The quantitative estimate of drug-likeness (QED) is 0.853. The summed E-state index contributed by atoms with van der Waals surface area (Å²) >= 11 is 12.5. The highest BCUT2D eigenvalue weighted by Gasteiger charge is 2.38. The van der Waals surface area contributed by atoms with Crippen molar-refractivity contribution in [3.8, 4) is 0 Å². The van der Waals surface area contributed by atoms with E-state index in [1.807, 2.05) is 18.2 Å². The Kier molecular flexibility index (Phi) is 4.58. The lowest BCUT2D eigenvalue weighted by atomic mass is 9.79. The Labute approximate surface area is 120 Å². The molecule has 1 aliphatic carbocycles. The van der Waals surface area contributed by atoms with Crippen LogP contribution in [0, 0.1) is 11.3 Å². The summed E-state index contributed by atoms with van der Waals surface area (Å²) in [5.74, 6) is 0.815. The SMILES string of the molecule is CCC1CCC(CN)(Cc2c(Cl)cccc2Cl)C1. The summed E-state index contributed by atoms with van der Waals surface area (Å²) in [6.07, 6.45) is 5.86. The highest BCUT2D eigenvalue weighted by atomic mass is 35.5. The highest BCUT2D eigenvalue weighted by molar-refractivity contribution is 6.36. The summed E-state index contributed by atoms with van der Waals surface area (Å²) in [6, 6.07) is 5.73. The molecule has 1 saturated carbocycles. The van der Waals surface area contributed by atoms with Crippen molar-refractivity contribution < 1.29 is 0 Å². The first-order chi connectivity index (χ1) is 8.60. The van der Waals surface area contributed by atoms with E-state index < -0.39 is 0 Å². The first-order valence-electron chi connectivity index (χ1n) is 6.73. The lowest BCUT2D eigenvalue weighted by Crippen LogP contribution is -2.30. The van der Waals surface area contributed by atoms with Gasteiger partial charge in [0.2, 0.25) is 0 Å². The van der Waals surface area contributed by atoms with Gasteiger partial charge in [-0.15, -0.1) is 0 Å². The van der Waals surface area contributed by atoms with Crippen LogP contribution in [0.5, 0.6) is 0 Å². The standard InChI is InChI=1S/C15H21Cl2N/c1-2-11-6-7-15(8-11,10-18)9-12-13(16)4-3-5-14(12)17/h3-5,11H,2,6-10,18H2,1H3. The van der Waals surface area contributed by atoms with Crippen LogP contribution in [-0.2, 0) is 6.42 Å². The van der Waals surface area contributed by atoms with Crippen molar-refractivity contribution in [3.63, 3.8) is 0 Å². The minimum atomic E-state index is 0.204. The molecule has 1 fully saturated rings. The van der Waals surface area contributed by atoms with Crippen LogP contribution in [0.3, 0.4) is 0 Å². The third-order valence-corrected chi connectivity index (χ3v) is 5.14. The van der Waals surface area contributed by atoms with Crippen LogP contribution < -0.4 is 5.73 Å². The molecule has 2 rings (SSSR count). The van der Waals surface area contributed by atoms with Crippen LogP contribution in [0.25, 0.3) is 0 Å². The van der Waals surface area contributed by atoms with E-state index in [4.69, 9.17) is 28.9 Å². The van der Waals surface area contributed by atoms with Gasteiger partial charge in [0.25, 0.3) is 0 Å². The Morgan fingerprint density at radius 3 is 2.50 bits per heavy atom. The van der Waals surface area contributed by atoms with Crippen molar-refractivity contribution in [2.75, 3.05) is 6.54 Å². The van der Waals surface area contributed by atoms with Crippen LogP contribution in [0.15, 0.2) is 18.2 Å². The maximum Gasteiger partial charge on any atom is 0.0453 e. The van der Waals surface area contributed by atoms with Gasteiger partial charge < -0.3 is 5.73 Å². The zero-order chi connectivity index (χ0) is 13.2. The lowest BCUT2D eigenvalue weighted by Gasteiger charge is -2.29. The lowest BCUT2D eigenvalue weighted by molar-refractivity contribution is 0.291. The fourth-order valence-electron chi connectivity index (χ4n) is 3.17. The second-order valence-electron chi connectivity index (χ2n) is 5.60. The highest BCUT2D eigenvalue weighted by Crippen LogP contribution is 2.46. The molecule has 1 aliphatic rings. The van der Waals surface area contributed by atoms with Gasteiger partial charge in [-0.25, -0.2) is 0 Å². The Hall–Kier alpha value is -0.240. The predicted octanol–water partition coefficient (Wildman–Crippen LogP) is 4.69. The minimum absolute atomic E-state index is 0.204. The van der Waals surface area contributed by atoms with Crippen molar-refractivity contribution in [3.05, 3.63) is 33.8 Å². The van der Waals surface area contributed by atoms with Gasteiger partial charge in [-0.2, -0.15) is 0 Å². The molecule has 0 radical (unpaired) electrons. The van der Waals surface area contributed by atoms with Gasteiger partial charge in [-0.3, -0.25) is 0 Å². The number of rotatable bonds is 4. The zero-order valence-electron chi connectivity index (χ0n) is 10.9. The van der Waals surface area contributed by atoms with E-state index >= 15 is 0 Å². The molecule has 1 aromatic rings. The minimum Gasteiger partial charge on any atom is -0.330 e. The van der Waals surface area contributed by atoms with Crippen LogP contribution in [0.1, 0.15) is 38.2 Å². The molecular weight excluding hydrogens is 265 g/mol. The van der Waals surface area contributed by atoms with Crippen molar-refractivity contribution in [2.24, 2.45) is 17.1 Å². The number of hydrogen-bond acceptors (Lipinski definition) is 1. The Morgan fingerprint density at radius 2 is 2.00 bits per heavy atom. The van der Waals surface area contributed by atoms with E-state index in [0.29, 0.717) is 0 Å². The molecule has 2 unspecified atom stereocenters. The largest absolute Gasteiger partial charge is 0.330 e. The third kappa shape index (κ3) is 2.84. The maximum atomic E-state index is 6.27. The molecule has 0 saturated heterocycles. The molecule has 1 aromatic carbocycles. The average Bonchev–Trinajstić information content (AvgIpc) is 2.78. The van der Waals surface area contributed by atoms with E-state index in [1.165, 1.54) is 25.7 Å². The molecule has 0 bridgehead atoms. The summed E-state index contributed by atoms with van der Waals surface area (Å²) in [4.78, 5) is 0. The number of benzene rings is 1. The zero-order valence-corrected chi connectivity index (χ0v) is 12.4. The van der Waals surface area contributed by atoms with E-state index in [1.54, 1.807) is 0 Å². The first kappa shape index (κ1) is 14.2. The van der Waals surface area contributed by atoms with E-state index in [9.17, 15) is 0 Å². The smallest absolute Gasteiger partial charge is 0.0453 e. The molecule has 0 amide bonds. The monoisotopic (exact) mass is 285 g/mol. The van der Waals surface area contributed by atoms with Gasteiger partial charge in [-0.05, 0) is 61.3 Å². The molecule has 2 atom stereocenters. The number of nitrogens with two attached hydrogens (primary N) is 1. The Balaban J connectivity index is 2.21. The van der Waals surface area contributed by atoms with Crippen molar-refractivity contribution in [1.82, 2.24) is 0 Å². The molecule has 0 aromatic heterocycles. The van der Waals surface area contributed by atoms with Gasteiger partial charge in [0, 0.05) is 10.0 Å². The van der Waals surface area contributed by atoms with Gasteiger partial charge >= 0.3 is 0 Å². The first-order valence-corrected chi connectivity index (χ1v) is 7.49. The van der Waals surface area contributed by atoms with E-state index in [-0.39, 0.29) is 5.41 Å². The molecule has 100 valence electrons. The summed E-state index contributed by atoms with van der Waals surface area (Å²) in [6.45, 7) is 2.99. The molecule has 0 spiro atoms. The van der Waals surface area contributed by atoms with Crippen LogP contribution >= 0.6 is 23.2 Å². The second-order valence-corrected chi connectivity index (χ2v) is 6.41. The second kappa shape index (κ2) is 5.81. The molecule has 18 heavy (non-hydrogen) atoms. The van der Waals surface area contributed by atoms with Gasteiger partial charge in [0.15, 0.2) is 0 Å². The maximum absolute atomic E-state index is 6.27. The fraction of sp³-hybridized carbons (Fsp3) is 0.600. The van der Waals surface area contributed by atoms with Gasteiger partial charge in [-0.1, -0.05) is 42.6 Å². The van der Waals surface area contributed by atoms with Crippen LogP contribution in [-0.4, -0.2) is 6.54 Å². The molecule has 2 N–H and O–H groups in total. The molecule has 3 heteroatoms. The summed E-state index contributed by atoms with van der Waals surface area (Å²) in [5.41, 5.74) is 7.32. The average molecular weight is 286 g/mol. The molecular formula is C15H21Cl2N. The Morgan fingerprint density at radius 1 is 1.33 bits per heavy atom. The normalized spacial score (nSPS) is 27.7. The topological polar surface area (TPSA) is 26.0 Å². The molecule has 1 nitrogen and oxygen atoms in total. The van der Waals surface area contributed by atoms with E-state index in [0.717, 1.165) is 34.5 Å². The Bertz CT molecular complexity index is 399. The van der Waals surface area contributed by atoms with Gasteiger partial charge in [0.1, 0.15) is 0 Å². The van der Waals surface area contributed by atoms with Crippen molar-refractivity contribution in [1.29, 1.82) is 0 Å². The van der Waals surface area contributed by atoms with Gasteiger partial charge in [0.05, 0.1) is 0 Å². The van der Waals surface area contributed by atoms with Crippen LogP contribution in [0.4, 0.5) is 0 Å². The number of hydrogen-bond donors (Lipinski definition) is 1.